The fourth-order valence-electron chi connectivity index (χ4n) is 4.67. The van der Waals surface area contributed by atoms with Crippen molar-refractivity contribution in [1.29, 1.82) is 0 Å². The standard InChI is InChI=1S/C19H23NO4/c1-23-18-15-9-13-11-20(8-7-12-5-3-2-4-6-12)16(21)10-14(13)17(18)19(22)24-15/h2-6,13-15,17-18H,7-11H2,1H3. The van der Waals surface area contributed by atoms with Gasteiger partial charge in [-0.05, 0) is 30.2 Å². The Morgan fingerprint density at radius 3 is 2.79 bits per heavy atom. The third kappa shape index (κ3) is 2.61. The van der Waals surface area contributed by atoms with Crippen LogP contribution in [-0.4, -0.2) is 49.2 Å². The van der Waals surface area contributed by atoms with Crippen LogP contribution in [0.4, 0.5) is 0 Å². The number of fused-ring (bicyclic) bond motifs is 4. The van der Waals surface area contributed by atoms with Gasteiger partial charge in [0.1, 0.15) is 12.2 Å². The van der Waals surface area contributed by atoms with Crippen molar-refractivity contribution < 1.29 is 19.1 Å². The van der Waals surface area contributed by atoms with Crippen molar-refractivity contribution in [2.75, 3.05) is 20.2 Å². The predicted molar refractivity (Wildman–Crippen MR) is 87.1 cm³/mol. The quantitative estimate of drug-likeness (QED) is 0.788. The molecule has 3 aliphatic rings. The number of rotatable bonds is 4. The van der Waals surface area contributed by atoms with Gasteiger partial charge in [-0.15, -0.1) is 0 Å². The monoisotopic (exact) mass is 329 g/mol. The maximum Gasteiger partial charge on any atom is 0.312 e. The summed E-state index contributed by atoms with van der Waals surface area (Å²) in [4.78, 5) is 26.7. The van der Waals surface area contributed by atoms with Crippen LogP contribution in [0.3, 0.4) is 0 Å². The zero-order valence-corrected chi connectivity index (χ0v) is 13.9. The fourth-order valence-corrected chi connectivity index (χ4v) is 4.67. The molecular formula is C19H23NO4. The van der Waals surface area contributed by atoms with E-state index in [0.29, 0.717) is 12.3 Å². The van der Waals surface area contributed by atoms with E-state index in [1.807, 2.05) is 23.1 Å². The average Bonchev–Trinajstić information content (AvgIpc) is 2.83. The zero-order chi connectivity index (χ0) is 16.7. The molecule has 0 N–H and O–H groups in total. The van der Waals surface area contributed by atoms with Crippen LogP contribution in [0.25, 0.3) is 0 Å². The lowest BCUT2D eigenvalue weighted by molar-refractivity contribution is -0.145. The summed E-state index contributed by atoms with van der Waals surface area (Å²) in [6.45, 7) is 1.47. The van der Waals surface area contributed by atoms with Crippen molar-refractivity contribution in [2.24, 2.45) is 17.8 Å². The maximum atomic E-state index is 12.6. The van der Waals surface area contributed by atoms with Crippen LogP contribution in [-0.2, 0) is 25.5 Å². The van der Waals surface area contributed by atoms with Gasteiger partial charge in [0.25, 0.3) is 0 Å². The minimum absolute atomic E-state index is 0.0710. The van der Waals surface area contributed by atoms with E-state index in [2.05, 4.69) is 12.1 Å². The van der Waals surface area contributed by atoms with Gasteiger partial charge in [-0.3, -0.25) is 9.59 Å². The molecule has 0 spiro atoms. The highest BCUT2D eigenvalue weighted by atomic mass is 16.6. The van der Waals surface area contributed by atoms with Gasteiger partial charge in [0.05, 0.1) is 5.92 Å². The number of piperidine rings is 1. The first-order chi connectivity index (χ1) is 11.7. The molecule has 0 radical (unpaired) electrons. The molecular weight excluding hydrogens is 306 g/mol. The van der Waals surface area contributed by atoms with Gasteiger partial charge < -0.3 is 14.4 Å². The lowest BCUT2D eigenvalue weighted by Crippen LogP contribution is -2.53. The largest absolute Gasteiger partial charge is 0.459 e. The molecule has 2 heterocycles. The van der Waals surface area contributed by atoms with Crippen molar-refractivity contribution in [3.63, 3.8) is 0 Å². The van der Waals surface area contributed by atoms with Crippen LogP contribution in [0.5, 0.6) is 0 Å². The number of ether oxygens (including phenoxy) is 2. The number of carbonyl (C=O) groups excluding carboxylic acids is 2. The second kappa shape index (κ2) is 6.20. The highest BCUT2D eigenvalue weighted by Crippen LogP contribution is 2.47. The zero-order valence-electron chi connectivity index (χ0n) is 13.9. The average molecular weight is 329 g/mol. The van der Waals surface area contributed by atoms with E-state index in [-0.39, 0.29) is 35.9 Å². The van der Waals surface area contributed by atoms with Crippen LogP contribution in [0, 0.1) is 17.8 Å². The minimum Gasteiger partial charge on any atom is -0.459 e. The van der Waals surface area contributed by atoms with Crippen LogP contribution in [0.1, 0.15) is 18.4 Å². The number of carbonyl (C=O) groups is 2. The van der Waals surface area contributed by atoms with Crippen molar-refractivity contribution in [2.45, 2.75) is 31.5 Å². The molecule has 5 unspecified atom stereocenters. The molecule has 2 saturated heterocycles. The summed E-state index contributed by atoms with van der Waals surface area (Å²) in [5.74, 6) is 0.122. The summed E-state index contributed by atoms with van der Waals surface area (Å²) in [6.07, 6.45) is 1.79. The lowest BCUT2D eigenvalue weighted by Gasteiger charge is -2.44. The van der Waals surface area contributed by atoms with Crippen molar-refractivity contribution >= 4 is 11.9 Å². The van der Waals surface area contributed by atoms with E-state index < -0.39 is 0 Å². The Morgan fingerprint density at radius 2 is 2.04 bits per heavy atom. The van der Waals surface area contributed by atoms with Gasteiger partial charge in [0.2, 0.25) is 5.91 Å². The van der Waals surface area contributed by atoms with E-state index >= 15 is 0 Å². The smallest absolute Gasteiger partial charge is 0.312 e. The van der Waals surface area contributed by atoms with Crippen molar-refractivity contribution in [3.8, 4) is 0 Å². The number of esters is 1. The molecule has 128 valence electrons. The summed E-state index contributed by atoms with van der Waals surface area (Å²) in [7, 11) is 1.63. The van der Waals surface area contributed by atoms with E-state index in [0.717, 1.165) is 25.9 Å². The molecule has 1 aliphatic carbocycles. The van der Waals surface area contributed by atoms with Gasteiger partial charge >= 0.3 is 5.97 Å². The number of amides is 1. The first kappa shape index (κ1) is 15.6. The van der Waals surface area contributed by atoms with Gasteiger partial charge in [0, 0.05) is 26.6 Å². The molecule has 5 heteroatoms. The van der Waals surface area contributed by atoms with Gasteiger partial charge in [-0.1, -0.05) is 30.3 Å². The summed E-state index contributed by atoms with van der Waals surface area (Å²) >= 11 is 0. The maximum absolute atomic E-state index is 12.6. The Kier molecular flexibility index (Phi) is 4.04. The number of nitrogens with zero attached hydrogens (tertiary/aromatic N) is 1. The molecule has 1 aromatic carbocycles. The van der Waals surface area contributed by atoms with Gasteiger partial charge in [-0.2, -0.15) is 0 Å². The Labute approximate surface area is 141 Å². The lowest BCUT2D eigenvalue weighted by atomic mass is 9.67. The van der Waals surface area contributed by atoms with Crippen LogP contribution < -0.4 is 0 Å². The molecule has 1 aromatic rings. The molecule has 3 fully saturated rings. The van der Waals surface area contributed by atoms with Gasteiger partial charge in [-0.25, -0.2) is 0 Å². The molecule has 2 aliphatic heterocycles. The molecule has 24 heavy (non-hydrogen) atoms. The Hall–Kier alpha value is -1.88. The number of hydrogen-bond donors (Lipinski definition) is 0. The molecule has 4 rings (SSSR count). The van der Waals surface area contributed by atoms with E-state index in [9.17, 15) is 9.59 Å². The highest BCUT2D eigenvalue weighted by Gasteiger charge is 2.57. The first-order valence-corrected chi connectivity index (χ1v) is 8.72. The third-order valence-corrected chi connectivity index (χ3v) is 5.87. The Bertz CT molecular complexity index is 632. The normalized spacial score (nSPS) is 34.9. The fraction of sp³-hybridized carbons (Fsp3) is 0.579. The highest BCUT2D eigenvalue weighted by molar-refractivity contribution is 5.81. The summed E-state index contributed by atoms with van der Waals surface area (Å²) in [5, 5.41) is 0. The summed E-state index contributed by atoms with van der Waals surface area (Å²) < 4.78 is 11.0. The number of hydrogen-bond acceptors (Lipinski definition) is 4. The summed E-state index contributed by atoms with van der Waals surface area (Å²) in [5.41, 5.74) is 1.24. The molecule has 5 atom stereocenters. The van der Waals surface area contributed by atoms with Crippen molar-refractivity contribution in [1.82, 2.24) is 4.90 Å². The molecule has 5 nitrogen and oxygen atoms in total. The third-order valence-electron chi connectivity index (χ3n) is 5.87. The van der Waals surface area contributed by atoms with Crippen LogP contribution >= 0.6 is 0 Å². The Morgan fingerprint density at radius 1 is 1.25 bits per heavy atom. The summed E-state index contributed by atoms with van der Waals surface area (Å²) in [6, 6.07) is 10.2. The van der Waals surface area contributed by atoms with Crippen molar-refractivity contribution in [3.05, 3.63) is 35.9 Å². The van der Waals surface area contributed by atoms with E-state index in [4.69, 9.17) is 9.47 Å². The molecule has 1 amide bonds. The van der Waals surface area contributed by atoms with E-state index in [1.54, 1.807) is 7.11 Å². The second-order valence-electron chi connectivity index (χ2n) is 7.14. The van der Waals surface area contributed by atoms with Crippen LogP contribution in [0.2, 0.25) is 0 Å². The number of likely N-dealkylation sites (tertiary alicyclic amines) is 1. The SMILES string of the molecule is COC1C2CC3CN(CCc4ccccc4)C(=O)CC3C1C(=O)O2. The topological polar surface area (TPSA) is 55.8 Å². The Balaban J connectivity index is 1.44. The minimum atomic E-state index is -0.265. The van der Waals surface area contributed by atoms with E-state index in [1.165, 1.54) is 5.56 Å². The first-order valence-electron chi connectivity index (χ1n) is 8.72. The molecule has 1 saturated carbocycles. The van der Waals surface area contributed by atoms with Crippen LogP contribution in [0.15, 0.2) is 30.3 Å². The second-order valence-corrected chi connectivity index (χ2v) is 7.14. The van der Waals surface area contributed by atoms with Gasteiger partial charge in [0.15, 0.2) is 0 Å². The number of benzene rings is 1. The predicted octanol–water partition coefficient (Wildman–Crippen LogP) is 1.65. The number of methoxy groups -OCH3 is 1. The molecule has 2 bridgehead atoms. The molecule has 0 aromatic heterocycles.